The SMILES string of the molecule is FC(F)(F)C1=[C-]CC=C1.FC(F)(F)C1=[C-]CC=C1.[H-].[H-].[Zr+2]. The van der Waals surface area contributed by atoms with Gasteiger partial charge in [0.25, 0.3) is 0 Å². The molecule has 0 fully saturated rings. The molecule has 2 aliphatic carbocycles. The molecule has 0 spiro atoms. The Kier molecular flexibility index (Phi) is 7.05. The third kappa shape index (κ3) is 6.41. The zero-order valence-corrected chi connectivity index (χ0v) is 11.9. The summed E-state index contributed by atoms with van der Waals surface area (Å²) in [5.41, 5.74) is -1.30. The summed E-state index contributed by atoms with van der Waals surface area (Å²) >= 11 is 0. The van der Waals surface area contributed by atoms with E-state index in [9.17, 15) is 26.3 Å². The molecule has 0 radical (unpaired) electrons. The zero-order chi connectivity index (χ0) is 13.8. The van der Waals surface area contributed by atoms with Gasteiger partial charge in [0.05, 0.1) is 0 Å². The van der Waals surface area contributed by atoms with E-state index in [0.717, 1.165) is 12.2 Å². The first-order valence-corrected chi connectivity index (χ1v) is 4.90. The molecular weight excluding hydrogens is 349 g/mol. The van der Waals surface area contributed by atoms with Crippen LogP contribution in [0.1, 0.15) is 15.7 Å². The first-order chi connectivity index (χ1) is 8.21. The van der Waals surface area contributed by atoms with Gasteiger partial charge < -0.3 is 2.85 Å². The van der Waals surface area contributed by atoms with Crippen molar-refractivity contribution in [2.45, 2.75) is 25.2 Å². The van der Waals surface area contributed by atoms with E-state index in [1.165, 1.54) is 12.2 Å². The molecule has 0 aliphatic heterocycles. The summed E-state index contributed by atoms with van der Waals surface area (Å²) in [6, 6.07) is 0. The molecule has 0 atom stereocenters. The monoisotopic (exact) mass is 358 g/mol. The van der Waals surface area contributed by atoms with Gasteiger partial charge in [-0.3, -0.25) is 12.2 Å². The number of halogens is 6. The van der Waals surface area contributed by atoms with Gasteiger partial charge >= 0.3 is 38.6 Å². The summed E-state index contributed by atoms with van der Waals surface area (Å²) in [7, 11) is 0. The topological polar surface area (TPSA) is 0 Å². The molecule has 0 nitrogen and oxygen atoms in total. The first kappa shape index (κ1) is 18.4. The van der Waals surface area contributed by atoms with Crippen molar-refractivity contribution >= 4 is 0 Å². The molecule has 0 N–H and O–H groups in total. The standard InChI is InChI=1S/2C6H4F3.Zr.2H/c2*7-6(8,9)5-3-1-2-4-5;;;/h2*1,3H,2H2;;;/q2*-1;+2;2*-1. The van der Waals surface area contributed by atoms with Gasteiger partial charge in [-0.05, 0) is 0 Å². The number of hydrogen-bond acceptors (Lipinski definition) is 0. The van der Waals surface area contributed by atoms with Crippen LogP contribution >= 0.6 is 0 Å². The molecule has 0 aromatic heterocycles. The van der Waals surface area contributed by atoms with Crippen LogP contribution in [0.15, 0.2) is 35.5 Å². The fourth-order valence-corrected chi connectivity index (χ4v) is 1.20. The molecule has 0 saturated carbocycles. The van der Waals surface area contributed by atoms with Crippen molar-refractivity contribution < 1.29 is 55.4 Å². The average molecular weight is 359 g/mol. The Morgan fingerprint density at radius 3 is 1.21 bits per heavy atom. The van der Waals surface area contributed by atoms with Crippen LogP contribution in [0.2, 0.25) is 0 Å². The Morgan fingerprint density at radius 1 is 0.789 bits per heavy atom. The third-order valence-corrected chi connectivity index (χ3v) is 2.00. The largest absolute Gasteiger partial charge is 2.00 e. The van der Waals surface area contributed by atoms with Crippen LogP contribution in [-0.2, 0) is 26.2 Å². The summed E-state index contributed by atoms with van der Waals surface area (Å²) in [6.07, 6.45) is 1.47. The quantitative estimate of drug-likeness (QED) is 0.434. The number of alkyl halides is 6. The maximum Gasteiger partial charge on any atom is 2.00 e. The molecule has 106 valence electrons. The minimum atomic E-state index is -4.20. The van der Waals surface area contributed by atoms with Crippen LogP contribution in [-0.4, -0.2) is 12.4 Å². The van der Waals surface area contributed by atoms with E-state index in [0.29, 0.717) is 0 Å². The Morgan fingerprint density at radius 2 is 1.11 bits per heavy atom. The van der Waals surface area contributed by atoms with Crippen LogP contribution in [0.25, 0.3) is 0 Å². The summed E-state index contributed by atoms with van der Waals surface area (Å²) < 4.78 is 69.7. The van der Waals surface area contributed by atoms with Crippen molar-refractivity contribution in [1.29, 1.82) is 0 Å². The van der Waals surface area contributed by atoms with Crippen LogP contribution < -0.4 is 0 Å². The van der Waals surface area contributed by atoms with Gasteiger partial charge in [-0.25, -0.2) is 12.2 Å². The van der Waals surface area contributed by atoms with Crippen molar-refractivity contribution in [1.82, 2.24) is 0 Å². The van der Waals surface area contributed by atoms with E-state index in [-0.39, 0.29) is 41.9 Å². The van der Waals surface area contributed by atoms with Gasteiger partial charge in [0, 0.05) is 0 Å². The molecule has 0 heterocycles. The number of hydrogen-bond donors (Lipinski definition) is 0. The van der Waals surface area contributed by atoms with Gasteiger partial charge in [-0.2, -0.15) is 38.5 Å². The van der Waals surface area contributed by atoms with Crippen LogP contribution in [0.3, 0.4) is 0 Å². The summed E-state index contributed by atoms with van der Waals surface area (Å²) in [5.74, 6) is 0. The zero-order valence-electron chi connectivity index (χ0n) is 11.5. The van der Waals surface area contributed by atoms with E-state index in [1.54, 1.807) is 0 Å². The Balaban J connectivity index is -0.000000270. The second kappa shape index (κ2) is 7.27. The maximum absolute atomic E-state index is 11.6. The Hall–Kier alpha value is -0.577. The van der Waals surface area contributed by atoms with Crippen LogP contribution in [0.5, 0.6) is 0 Å². The Labute approximate surface area is 128 Å². The van der Waals surface area contributed by atoms with Gasteiger partial charge in [0.2, 0.25) is 0 Å². The molecule has 0 aromatic carbocycles. The van der Waals surface area contributed by atoms with E-state index >= 15 is 0 Å². The van der Waals surface area contributed by atoms with Crippen molar-refractivity contribution in [3.05, 3.63) is 47.6 Å². The molecular formula is C12H10F6Zr-2. The molecule has 0 unspecified atom stereocenters. The van der Waals surface area contributed by atoms with E-state index < -0.39 is 23.5 Å². The first-order valence-electron chi connectivity index (χ1n) is 4.90. The van der Waals surface area contributed by atoms with E-state index in [2.05, 4.69) is 12.2 Å². The molecule has 19 heavy (non-hydrogen) atoms. The molecule has 0 bridgehead atoms. The normalized spacial score (nSPS) is 17.4. The Bertz CT molecular complexity index is 378. The minimum absolute atomic E-state index is 0. The predicted molar refractivity (Wildman–Crippen MR) is 55.4 cm³/mol. The predicted octanol–water partition coefficient (Wildman–Crippen LogP) is 4.70. The third-order valence-electron chi connectivity index (χ3n) is 2.00. The molecule has 2 rings (SSSR count). The minimum Gasteiger partial charge on any atom is -1.00 e. The fraction of sp³-hybridized carbons (Fsp3) is 0.333. The maximum atomic E-state index is 11.6. The molecule has 0 saturated heterocycles. The summed E-state index contributed by atoms with van der Waals surface area (Å²) in [5, 5.41) is 0. The van der Waals surface area contributed by atoms with Crippen molar-refractivity contribution in [2.75, 3.05) is 0 Å². The summed E-state index contributed by atoms with van der Waals surface area (Å²) in [6.45, 7) is 0. The molecule has 2 aliphatic rings. The van der Waals surface area contributed by atoms with Gasteiger partial charge in [-0.15, -0.1) is 24.0 Å². The van der Waals surface area contributed by atoms with Crippen LogP contribution in [0.4, 0.5) is 26.3 Å². The van der Waals surface area contributed by atoms with E-state index in [4.69, 9.17) is 0 Å². The molecule has 7 heteroatoms. The fourth-order valence-electron chi connectivity index (χ4n) is 1.20. The van der Waals surface area contributed by atoms with Crippen molar-refractivity contribution in [3.63, 3.8) is 0 Å². The van der Waals surface area contributed by atoms with Gasteiger partial charge in [0.1, 0.15) is 0 Å². The number of rotatable bonds is 0. The van der Waals surface area contributed by atoms with Gasteiger partial charge in [0.15, 0.2) is 0 Å². The van der Waals surface area contributed by atoms with Crippen molar-refractivity contribution in [2.24, 2.45) is 0 Å². The van der Waals surface area contributed by atoms with Gasteiger partial charge in [-0.1, -0.05) is 0 Å². The summed E-state index contributed by atoms with van der Waals surface area (Å²) in [4.78, 5) is 0. The second-order valence-electron chi connectivity index (χ2n) is 3.39. The van der Waals surface area contributed by atoms with E-state index in [1.807, 2.05) is 0 Å². The molecule has 0 amide bonds. The van der Waals surface area contributed by atoms with Crippen LogP contribution in [0, 0.1) is 12.2 Å². The smallest absolute Gasteiger partial charge is 1.00 e. The second-order valence-corrected chi connectivity index (χ2v) is 3.39. The average Bonchev–Trinajstić information content (AvgIpc) is 2.91. The van der Waals surface area contributed by atoms with Crippen molar-refractivity contribution in [3.8, 4) is 0 Å². The molecule has 0 aromatic rings. The number of allylic oxidation sites excluding steroid dienone is 8.